The first-order valence-corrected chi connectivity index (χ1v) is 6.83. The molecule has 7 heteroatoms. The van der Waals surface area contributed by atoms with Gasteiger partial charge in [-0.2, -0.15) is 5.11 Å². The van der Waals surface area contributed by atoms with Crippen LogP contribution in [0.1, 0.15) is 19.8 Å². The summed E-state index contributed by atoms with van der Waals surface area (Å²) in [6.07, 6.45) is 0.979. The van der Waals surface area contributed by atoms with Crippen LogP contribution in [0.5, 0.6) is 5.75 Å². The fourth-order valence-electron chi connectivity index (χ4n) is 1.66. The van der Waals surface area contributed by atoms with Gasteiger partial charge in [-0.05, 0) is 18.6 Å². The molecule has 0 unspecified atom stereocenters. The smallest absolute Gasteiger partial charge is 0.311 e. The van der Waals surface area contributed by atoms with Crippen LogP contribution in [0.3, 0.4) is 0 Å². The molecule has 4 N–H and O–H groups in total. The van der Waals surface area contributed by atoms with Gasteiger partial charge in [-0.3, -0.25) is 4.79 Å². The van der Waals surface area contributed by atoms with Crippen LogP contribution in [-0.2, 0) is 4.79 Å². The Morgan fingerprint density at radius 3 is 2.59 bits per heavy atom. The normalized spacial score (nSPS) is 10.8. The standard InChI is InChI=1S/C15H17N5O2/c1-2-6-13(21)22-12-9-11(14(16)18-15(12)17)20-19-10-7-4-3-5-8-10/h3-5,7-9H,2,6H2,1H3,(H4,16,17,18). The molecule has 0 fully saturated rings. The van der Waals surface area contributed by atoms with Crippen molar-refractivity contribution < 1.29 is 9.53 Å². The zero-order valence-electron chi connectivity index (χ0n) is 12.2. The largest absolute Gasteiger partial charge is 0.422 e. The number of carbonyl (C=O) groups is 1. The van der Waals surface area contributed by atoms with E-state index in [0.29, 0.717) is 18.5 Å². The van der Waals surface area contributed by atoms with E-state index >= 15 is 0 Å². The van der Waals surface area contributed by atoms with Crippen LogP contribution in [0, 0.1) is 0 Å². The van der Waals surface area contributed by atoms with Crippen molar-refractivity contribution in [1.29, 1.82) is 0 Å². The molecule has 1 aromatic heterocycles. The van der Waals surface area contributed by atoms with Crippen LogP contribution in [-0.4, -0.2) is 11.0 Å². The lowest BCUT2D eigenvalue weighted by molar-refractivity contribution is -0.134. The quantitative estimate of drug-likeness (QED) is 0.648. The molecule has 7 nitrogen and oxygen atoms in total. The molecule has 0 aliphatic rings. The Balaban J connectivity index is 2.24. The second-order valence-electron chi connectivity index (χ2n) is 4.54. The average Bonchev–Trinajstić information content (AvgIpc) is 2.50. The number of nitrogens with two attached hydrogens (primary N) is 2. The van der Waals surface area contributed by atoms with Crippen molar-refractivity contribution in [3.05, 3.63) is 36.4 Å². The fraction of sp³-hybridized carbons (Fsp3) is 0.200. The van der Waals surface area contributed by atoms with Crippen LogP contribution in [0.25, 0.3) is 0 Å². The first kappa shape index (κ1) is 15.4. The number of ether oxygens (including phenoxy) is 1. The molecule has 1 heterocycles. The second-order valence-corrected chi connectivity index (χ2v) is 4.54. The van der Waals surface area contributed by atoms with Crippen molar-refractivity contribution in [2.45, 2.75) is 19.8 Å². The van der Waals surface area contributed by atoms with E-state index in [1.54, 1.807) is 12.1 Å². The maximum absolute atomic E-state index is 11.5. The maximum Gasteiger partial charge on any atom is 0.311 e. The number of carbonyl (C=O) groups excluding carboxylic acids is 1. The highest BCUT2D eigenvalue weighted by Gasteiger charge is 2.12. The minimum absolute atomic E-state index is 0.0422. The summed E-state index contributed by atoms with van der Waals surface area (Å²) >= 11 is 0. The molecule has 2 aromatic rings. The first-order chi connectivity index (χ1) is 10.6. The number of rotatable bonds is 5. The predicted molar refractivity (Wildman–Crippen MR) is 84.2 cm³/mol. The lowest BCUT2D eigenvalue weighted by Gasteiger charge is -2.08. The van der Waals surface area contributed by atoms with Crippen molar-refractivity contribution in [2.24, 2.45) is 10.2 Å². The Morgan fingerprint density at radius 2 is 1.91 bits per heavy atom. The van der Waals surface area contributed by atoms with E-state index < -0.39 is 0 Å². The van der Waals surface area contributed by atoms with Crippen LogP contribution < -0.4 is 16.2 Å². The SMILES string of the molecule is CCCC(=O)Oc1cc(N=Nc2ccccc2)c(N)nc1N. The average molecular weight is 299 g/mol. The number of pyridine rings is 1. The molecule has 0 aliphatic carbocycles. The van der Waals surface area contributed by atoms with Gasteiger partial charge in [0.2, 0.25) is 0 Å². The zero-order chi connectivity index (χ0) is 15.9. The molecule has 22 heavy (non-hydrogen) atoms. The van der Waals surface area contributed by atoms with Crippen molar-refractivity contribution in [3.8, 4) is 5.75 Å². The highest BCUT2D eigenvalue weighted by molar-refractivity contribution is 5.76. The van der Waals surface area contributed by atoms with Crippen LogP contribution in [0.4, 0.5) is 23.0 Å². The summed E-state index contributed by atoms with van der Waals surface area (Å²) in [5.74, 6) is -0.0885. The zero-order valence-corrected chi connectivity index (χ0v) is 12.2. The number of anilines is 2. The number of azo groups is 1. The van der Waals surface area contributed by atoms with Crippen molar-refractivity contribution >= 4 is 29.0 Å². The number of hydrogen-bond donors (Lipinski definition) is 2. The van der Waals surface area contributed by atoms with E-state index in [1.165, 1.54) is 6.07 Å². The summed E-state index contributed by atoms with van der Waals surface area (Å²) in [6.45, 7) is 1.88. The van der Waals surface area contributed by atoms with Crippen LogP contribution in [0.2, 0.25) is 0 Å². The monoisotopic (exact) mass is 299 g/mol. The molecule has 0 amide bonds. The summed E-state index contributed by atoms with van der Waals surface area (Å²) < 4.78 is 5.15. The van der Waals surface area contributed by atoms with E-state index in [1.807, 2.05) is 25.1 Å². The Hall–Kier alpha value is -2.96. The van der Waals surface area contributed by atoms with Crippen LogP contribution >= 0.6 is 0 Å². The minimum atomic E-state index is -0.383. The molecule has 0 bridgehead atoms. The summed E-state index contributed by atoms with van der Waals surface area (Å²) in [5.41, 5.74) is 12.4. The van der Waals surface area contributed by atoms with E-state index in [0.717, 1.165) is 0 Å². The molecule has 0 saturated heterocycles. The van der Waals surface area contributed by atoms with Gasteiger partial charge in [-0.25, -0.2) is 4.98 Å². The number of hydrogen-bond acceptors (Lipinski definition) is 7. The topological polar surface area (TPSA) is 116 Å². The molecule has 0 radical (unpaired) electrons. The highest BCUT2D eigenvalue weighted by Crippen LogP contribution is 2.31. The van der Waals surface area contributed by atoms with Gasteiger partial charge in [0.1, 0.15) is 5.69 Å². The molecule has 0 saturated carbocycles. The highest BCUT2D eigenvalue weighted by atomic mass is 16.5. The Morgan fingerprint density at radius 1 is 1.18 bits per heavy atom. The van der Waals surface area contributed by atoms with Gasteiger partial charge in [0.05, 0.1) is 5.69 Å². The van der Waals surface area contributed by atoms with Gasteiger partial charge in [-0.15, -0.1) is 5.11 Å². The van der Waals surface area contributed by atoms with E-state index in [2.05, 4.69) is 15.2 Å². The number of benzene rings is 1. The summed E-state index contributed by atoms with van der Waals surface area (Å²) in [7, 11) is 0. The molecule has 114 valence electrons. The molecular formula is C15H17N5O2. The summed E-state index contributed by atoms with van der Waals surface area (Å²) in [6, 6.07) is 10.6. The Bertz CT molecular complexity index is 686. The maximum atomic E-state index is 11.5. The lowest BCUT2D eigenvalue weighted by Crippen LogP contribution is -2.09. The van der Waals surface area contributed by atoms with Gasteiger partial charge >= 0.3 is 5.97 Å². The Kier molecular flexibility index (Phi) is 5.02. The first-order valence-electron chi connectivity index (χ1n) is 6.83. The van der Waals surface area contributed by atoms with Crippen molar-refractivity contribution in [2.75, 3.05) is 11.5 Å². The summed E-state index contributed by atoms with van der Waals surface area (Å²) in [4.78, 5) is 15.5. The fourth-order valence-corrected chi connectivity index (χ4v) is 1.66. The molecule has 2 rings (SSSR count). The molecule has 1 aromatic carbocycles. The van der Waals surface area contributed by atoms with E-state index in [-0.39, 0.29) is 29.0 Å². The molecular weight excluding hydrogens is 282 g/mol. The number of esters is 1. The van der Waals surface area contributed by atoms with Crippen molar-refractivity contribution in [1.82, 2.24) is 4.98 Å². The predicted octanol–water partition coefficient (Wildman–Crippen LogP) is 3.37. The molecule has 0 atom stereocenters. The van der Waals surface area contributed by atoms with Crippen molar-refractivity contribution in [3.63, 3.8) is 0 Å². The van der Waals surface area contributed by atoms with Gasteiger partial charge in [0.25, 0.3) is 0 Å². The van der Waals surface area contributed by atoms with Gasteiger partial charge in [0, 0.05) is 12.5 Å². The van der Waals surface area contributed by atoms with Gasteiger partial charge in [-0.1, -0.05) is 25.1 Å². The molecule has 0 spiro atoms. The number of nitrogen functional groups attached to an aromatic ring is 2. The number of nitrogens with zero attached hydrogens (tertiary/aromatic N) is 3. The Labute approximate surface area is 128 Å². The van der Waals surface area contributed by atoms with Gasteiger partial charge < -0.3 is 16.2 Å². The van der Waals surface area contributed by atoms with E-state index in [9.17, 15) is 4.79 Å². The third-order valence-corrected chi connectivity index (χ3v) is 2.73. The minimum Gasteiger partial charge on any atom is -0.422 e. The number of aromatic nitrogens is 1. The van der Waals surface area contributed by atoms with Gasteiger partial charge in [0.15, 0.2) is 17.4 Å². The van der Waals surface area contributed by atoms with Crippen LogP contribution in [0.15, 0.2) is 46.6 Å². The lowest BCUT2D eigenvalue weighted by atomic mass is 10.3. The summed E-state index contributed by atoms with van der Waals surface area (Å²) in [5, 5.41) is 8.07. The van der Waals surface area contributed by atoms with E-state index in [4.69, 9.17) is 16.2 Å². The third-order valence-electron chi connectivity index (χ3n) is 2.73. The third kappa shape index (κ3) is 4.02. The second kappa shape index (κ2) is 7.16. The molecule has 0 aliphatic heterocycles.